The molecule has 0 aliphatic rings. The number of anilines is 1. The van der Waals surface area contributed by atoms with E-state index in [9.17, 15) is 4.39 Å². The maximum absolute atomic E-state index is 13.2. The zero-order valence-corrected chi connectivity index (χ0v) is 13.0. The maximum Gasteiger partial charge on any atom is 0.205 e. The first kappa shape index (κ1) is 13.7. The number of aromatic nitrogens is 2. The Morgan fingerprint density at radius 1 is 1.15 bits per heavy atom. The molecule has 20 heavy (non-hydrogen) atoms. The molecule has 0 bridgehead atoms. The minimum absolute atomic E-state index is 0.269. The summed E-state index contributed by atoms with van der Waals surface area (Å²) in [5.41, 5.74) is 7.93. The number of halogens is 4. The van der Waals surface area contributed by atoms with Crippen molar-refractivity contribution in [3.05, 3.63) is 50.7 Å². The van der Waals surface area contributed by atoms with E-state index in [-0.39, 0.29) is 11.8 Å². The highest BCUT2D eigenvalue weighted by atomic mass is 79.9. The SMILES string of the molecule is Nc1nc2cc(Cl)c(Cl)cc2n1-c1ccc(F)cc1Br. The van der Waals surface area contributed by atoms with E-state index in [1.54, 1.807) is 22.8 Å². The average molecular weight is 375 g/mol. The van der Waals surface area contributed by atoms with Gasteiger partial charge < -0.3 is 5.73 Å². The van der Waals surface area contributed by atoms with Crippen LogP contribution in [0.2, 0.25) is 10.0 Å². The van der Waals surface area contributed by atoms with Crippen molar-refractivity contribution < 1.29 is 4.39 Å². The van der Waals surface area contributed by atoms with E-state index >= 15 is 0 Å². The van der Waals surface area contributed by atoms with Crippen LogP contribution in [0.5, 0.6) is 0 Å². The van der Waals surface area contributed by atoms with Gasteiger partial charge in [0.05, 0.1) is 26.8 Å². The van der Waals surface area contributed by atoms with Gasteiger partial charge in [0, 0.05) is 4.47 Å². The molecule has 0 fully saturated rings. The zero-order chi connectivity index (χ0) is 14.4. The third-order valence-electron chi connectivity index (χ3n) is 2.87. The Labute approximate surface area is 132 Å². The zero-order valence-electron chi connectivity index (χ0n) is 9.87. The van der Waals surface area contributed by atoms with Gasteiger partial charge in [0.1, 0.15) is 5.82 Å². The first-order chi connectivity index (χ1) is 9.47. The van der Waals surface area contributed by atoms with Crippen molar-refractivity contribution in [1.29, 1.82) is 0 Å². The van der Waals surface area contributed by atoms with Crippen LogP contribution in [0.25, 0.3) is 16.7 Å². The summed E-state index contributed by atoms with van der Waals surface area (Å²) < 4.78 is 15.4. The summed E-state index contributed by atoms with van der Waals surface area (Å²) >= 11 is 15.3. The van der Waals surface area contributed by atoms with Gasteiger partial charge in [-0.05, 0) is 46.3 Å². The fourth-order valence-corrected chi connectivity index (χ4v) is 2.85. The molecule has 1 aromatic heterocycles. The van der Waals surface area contributed by atoms with Gasteiger partial charge in [0.2, 0.25) is 5.95 Å². The van der Waals surface area contributed by atoms with E-state index in [4.69, 9.17) is 28.9 Å². The Hall–Kier alpha value is -1.30. The Kier molecular flexibility index (Phi) is 3.36. The van der Waals surface area contributed by atoms with E-state index < -0.39 is 0 Å². The first-order valence-electron chi connectivity index (χ1n) is 5.56. The molecule has 2 N–H and O–H groups in total. The summed E-state index contributed by atoms with van der Waals surface area (Å²) in [6.07, 6.45) is 0. The van der Waals surface area contributed by atoms with Crippen molar-refractivity contribution in [2.75, 3.05) is 5.73 Å². The van der Waals surface area contributed by atoms with Crippen LogP contribution in [0.4, 0.5) is 10.3 Å². The van der Waals surface area contributed by atoms with Gasteiger partial charge in [-0.1, -0.05) is 23.2 Å². The molecule has 0 aliphatic carbocycles. The Balaban J connectivity index is 2.35. The van der Waals surface area contributed by atoms with Crippen molar-refractivity contribution in [3.63, 3.8) is 0 Å². The van der Waals surface area contributed by atoms with Crippen LogP contribution in [-0.4, -0.2) is 9.55 Å². The van der Waals surface area contributed by atoms with Gasteiger partial charge in [-0.25, -0.2) is 9.37 Å². The van der Waals surface area contributed by atoms with Crippen molar-refractivity contribution in [2.24, 2.45) is 0 Å². The molecule has 102 valence electrons. The van der Waals surface area contributed by atoms with Crippen molar-refractivity contribution in [2.45, 2.75) is 0 Å². The van der Waals surface area contributed by atoms with E-state index in [0.717, 1.165) is 0 Å². The normalized spacial score (nSPS) is 11.2. The first-order valence-corrected chi connectivity index (χ1v) is 7.10. The summed E-state index contributed by atoms with van der Waals surface area (Å²) in [6, 6.07) is 7.64. The van der Waals surface area contributed by atoms with Crippen LogP contribution in [0.1, 0.15) is 0 Å². The predicted octanol–water partition coefficient (Wildman–Crippen LogP) is 4.82. The molecule has 3 nitrogen and oxygen atoms in total. The highest BCUT2D eigenvalue weighted by Crippen LogP contribution is 2.33. The minimum atomic E-state index is -0.343. The van der Waals surface area contributed by atoms with Crippen molar-refractivity contribution in [1.82, 2.24) is 9.55 Å². The molecule has 0 aliphatic heterocycles. The van der Waals surface area contributed by atoms with Crippen molar-refractivity contribution in [3.8, 4) is 5.69 Å². The number of hydrogen-bond acceptors (Lipinski definition) is 2. The van der Waals surface area contributed by atoms with Crippen LogP contribution < -0.4 is 5.73 Å². The molecule has 1 heterocycles. The standard InChI is InChI=1S/C13H7BrCl2FN3/c14-7-3-6(17)1-2-11(7)20-12-5-9(16)8(15)4-10(12)19-13(20)18/h1-5H,(H2,18,19). The van der Waals surface area contributed by atoms with Gasteiger partial charge in [0.25, 0.3) is 0 Å². The summed E-state index contributed by atoms with van der Waals surface area (Å²) in [4.78, 5) is 4.24. The molecule has 3 aromatic rings. The fraction of sp³-hybridized carbons (Fsp3) is 0. The molecule has 7 heteroatoms. The van der Waals surface area contributed by atoms with Gasteiger partial charge >= 0.3 is 0 Å². The molecule has 0 unspecified atom stereocenters. The van der Waals surface area contributed by atoms with Crippen LogP contribution >= 0.6 is 39.1 Å². The number of nitrogen functional groups attached to an aromatic ring is 1. The third-order valence-corrected chi connectivity index (χ3v) is 4.23. The molecule has 0 atom stereocenters. The van der Waals surface area contributed by atoms with Crippen LogP contribution in [0, 0.1) is 5.82 Å². The van der Waals surface area contributed by atoms with E-state index in [0.29, 0.717) is 31.2 Å². The minimum Gasteiger partial charge on any atom is -0.369 e. The second-order valence-corrected chi connectivity index (χ2v) is 5.82. The molecular formula is C13H7BrCl2FN3. The van der Waals surface area contributed by atoms with Crippen LogP contribution in [0.3, 0.4) is 0 Å². The number of fused-ring (bicyclic) bond motifs is 1. The number of imidazole rings is 1. The number of benzene rings is 2. The lowest BCUT2D eigenvalue weighted by Crippen LogP contribution is -2.01. The molecular weight excluding hydrogens is 368 g/mol. The number of rotatable bonds is 1. The largest absolute Gasteiger partial charge is 0.369 e. The van der Waals surface area contributed by atoms with Gasteiger partial charge in [-0.2, -0.15) is 0 Å². The van der Waals surface area contributed by atoms with Gasteiger partial charge in [-0.15, -0.1) is 0 Å². The van der Waals surface area contributed by atoms with E-state index in [1.807, 2.05) is 0 Å². The Morgan fingerprint density at radius 3 is 2.55 bits per heavy atom. The summed E-state index contributed by atoms with van der Waals surface area (Å²) in [7, 11) is 0. The molecule has 0 saturated heterocycles. The highest BCUT2D eigenvalue weighted by molar-refractivity contribution is 9.10. The lowest BCUT2D eigenvalue weighted by molar-refractivity contribution is 0.626. The lowest BCUT2D eigenvalue weighted by atomic mass is 10.2. The quantitative estimate of drug-likeness (QED) is 0.663. The number of hydrogen-bond donors (Lipinski definition) is 1. The fourth-order valence-electron chi connectivity index (χ4n) is 2.01. The topological polar surface area (TPSA) is 43.8 Å². The highest BCUT2D eigenvalue weighted by Gasteiger charge is 2.14. The van der Waals surface area contributed by atoms with Crippen molar-refractivity contribution >= 4 is 56.1 Å². The number of nitrogens with zero attached hydrogens (tertiary/aromatic N) is 2. The molecule has 0 radical (unpaired) electrons. The lowest BCUT2D eigenvalue weighted by Gasteiger charge is -2.09. The van der Waals surface area contributed by atoms with Gasteiger partial charge in [0.15, 0.2) is 0 Å². The summed E-state index contributed by atoms with van der Waals surface area (Å²) in [5, 5.41) is 0.806. The summed E-state index contributed by atoms with van der Waals surface area (Å²) in [5.74, 6) is -0.0738. The van der Waals surface area contributed by atoms with Crippen LogP contribution in [0.15, 0.2) is 34.8 Å². The van der Waals surface area contributed by atoms with E-state index in [1.165, 1.54) is 12.1 Å². The third kappa shape index (κ3) is 2.16. The monoisotopic (exact) mass is 373 g/mol. The molecule has 0 spiro atoms. The average Bonchev–Trinajstić information content (AvgIpc) is 2.66. The number of nitrogens with two attached hydrogens (primary N) is 1. The van der Waals surface area contributed by atoms with Gasteiger partial charge in [-0.3, -0.25) is 4.57 Å². The Bertz CT molecular complexity index is 832. The smallest absolute Gasteiger partial charge is 0.205 e. The second-order valence-electron chi connectivity index (χ2n) is 4.16. The predicted molar refractivity (Wildman–Crippen MR) is 83.2 cm³/mol. The second kappa shape index (κ2) is 4.91. The molecule has 0 saturated carbocycles. The van der Waals surface area contributed by atoms with Crippen LogP contribution in [-0.2, 0) is 0 Å². The Morgan fingerprint density at radius 2 is 1.85 bits per heavy atom. The molecule has 3 rings (SSSR count). The molecule has 0 amide bonds. The summed E-state index contributed by atoms with van der Waals surface area (Å²) in [6.45, 7) is 0. The van der Waals surface area contributed by atoms with E-state index in [2.05, 4.69) is 20.9 Å². The maximum atomic E-state index is 13.2. The molecule has 2 aromatic carbocycles.